The molecule has 0 amide bonds. The molecule has 1 aromatic heterocycles. The minimum absolute atomic E-state index is 0.329. The van der Waals surface area contributed by atoms with Gasteiger partial charge in [-0.05, 0) is 44.0 Å². The fraction of sp³-hybridized carbons (Fsp3) is 0.625. The number of likely N-dealkylation sites (tertiary alicyclic amines) is 1. The third-order valence-corrected chi connectivity index (χ3v) is 4.04. The molecule has 20 heavy (non-hydrogen) atoms. The fourth-order valence-corrected chi connectivity index (χ4v) is 2.83. The van der Waals surface area contributed by atoms with E-state index < -0.39 is 0 Å². The van der Waals surface area contributed by atoms with Crippen LogP contribution in [-0.2, 0) is 11.3 Å². The van der Waals surface area contributed by atoms with Gasteiger partial charge in [0.05, 0.1) is 18.4 Å². The maximum atomic E-state index is 11.3. The Hall–Kier alpha value is -1.42. The number of carbonyl (C=O) groups is 1. The third-order valence-electron chi connectivity index (χ3n) is 4.04. The van der Waals surface area contributed by atoms with E-state index in [9.17, 15) is 4.79 Å². The van der Waals surface area contributed by atoms with E-state index in [-0.39, 0.29) is 5.97 Å². The summed E-state index contributed by atoms with van der Waals surface area (Å²) in [5.74, 6) is 0.579. The van der Waals surface area contributed by atoms with Crippen LogP contribution in [0.4, 0.5) is 0 Å². The number of methoxy groups -OCH3 is 1. The monoisotopic (exact) mass is 276 g/mol. The smallest absolute Gasteiger partial charge is 0.339 e. The molecular weight excluding hydrogens is 252 g/mol. The van der Waals surface area contributed by atoms with Crippen molar-refractivity contribution in [2.45, 2.75) is 39.2 Å². The van der Waals surface area contributed by atoms with Crippen molar-refractivity contribution in [3.05, 3.63) is 29.6 Å². The first-order chi connectivity index (χ1) is 9.72. The van der Waals surface area contributed by atoms with Gasteiger partial charge in [-0.25, -0.2) is 4.79 Å². The van der Waals surface area contributed by atoms with E-state index >= 15 is 0 Å². The van der Waals surface area contributed by atoms with Crippen LogP contribution in [0.2, 0.25) is 0 Å². The SMILES string of the molecule is CCCC1CCN(Cc2ccc(C(=O)OC)cn2)CC1. The summed E-state index contributed by atoms with van der Waals surface area (Å²) in [5, 5.41) is 0. The van der Waals surface area contributed by atoms with Crippen molar-refractivity contribution in [3.63, 3.8) is 0 Å². The Kier molecular flexibility index (Phi) is 5.53. The molecule has 1 fully saturated rings. The van der Waals surface area contributed by atoms with Gasteiger partial charge in [0.15, 0.2) is 0 Å². The minimum atomic E-state index is -0.329. The second kappa shape index (κ2) is 7.39. The fourth-order valence-electron chi connectivity index (χ4n) is 2.83. The van der Waals surface area contributed by atoms with E-state index in [1.807, 2.05) is 6.07 Å². The van der Waals surface area contributed by atoms with E-state index in [1.54, 1.807) is 12.3 Å². The molecule has 110 valence electrons. The average molecular weight is 276 g/mol. The van der Waals surface area contributed by atoms with Crippen molar-refractivity contribution >= 4 is 5.97 Å². The lowest BCUT2D eigenvalue weighted by Gasteiger charge is -2.31. The highest BCUT2D eigenvalue weighted by Gasteiger charge is 2.18. The van der Waals surface area contributed by atoms with Crippen LogP contribution in [0, 0.1) is 5.92 Å². The number of piperidine rings is 1. The largest absolute Gasteiger partial charge is 0.465 e. The summed E-state index contributed by atoms with van der Waals surface area (Å²) in [5.41, 5.74) is 1.53. The molecule has 2 rings (SSSR count). The second-order valence-corrected chi connectivity index (χ2v) is 5.54. The van der Waals surface area contributed by atoms with Crippen molar-refractivity contribution in [1.82, 2.24) is 9.88 Å². The van der Waals surface area contributed by atoms with E-state index in [0.717, 1.165) is 31.2 Å². The van der Waals surface area contributed by atoms with Crippen molar-refractivity contribution in [1.29, 1.82) is 0 Å². The molecule has 2 heterocycles. The number of aromatic nitrogens is 1. The predicted octanol–water partition coefficient (Wildman–Crippen LogP) is 2.88. The highest BCUT2D eigenvalue weighted by atomic mass is 16.5. The summed E-state index contributed by atoms with van der Waals surface area (Å²) in [6.45, 7) is 5.45. The van der Waals surface area contributed by atoms with Crippen LogP contribution >= 0.6 is 0 Å². The van der Waals surface area contributed by atoms with Gasteiger partial charge in [0.1, 0.15) is 0 Å². The molecular formula is C16H24N2O2. The molecule has 1 aliphatic rings. The van der Waals surface area contributed by atoms with E-state index in [1.165, 1.54) is 32.8 Å². The lowest BCUT2D eigenvalue weighted by atomic mass is 9.92. The Morgan fingerprint density at radius 2 is 2.15 bits per heavy atom. The molecule has 0 atom stereocenters. The summed E-state index contributed by atoms with van der Waals surface area (Å²) < 4.78 is 4.67. The number of hydrogen-bond acceptors (Lipinski definition) is 4. The molecule has 0 radical (unpaired) electrons. The first-order valence-corrected chi connectivity index (χ1v) is 7.48. The zero-order valence-corrected chi connectivity index (χ0v) is 12.5. The van der Waals surface area contributed by atoms with Crippen LogP contribution in [0.15, 0.2) is 18.3 Å². The molecule has 1 saturated heterocycles. The number of nitrogens with zero attached hydrogens (tertiary/aromatic N) is 2. The Labute approximate surface area is 121 Å². The highest BCUT2D eigenvalue weighted by molar-refractivity contribution is 5.88. The maximum absolute atomic E-state index is 11.3. The number of rotatable bonds is 5. The Balaban J connectivity index is 1.84. The molecule has 0 N–H and O–H groups in total. The summed E-state index contributed by atoms with van der Waals surface area (Å²) >= 11 is 0. The number of hydrogen-bond donors (Lipinski definition) is 0. The molecule has 0 unspecified atom stereocenters. The molecule has 1 aliphatic heterocycles. The Morgan fingerprint density at radius 3 is 2.70 bits per heavy atom. The predicted molar refractivity (Wildman–Crippen MR) is 78.5 cm³/mol. The number of ether oxygens (including phenoxy) is 1. The van der Waals surface area contributed by atoms with Crippen molar-refractivity contribution < 1.29 is 9.53 Å². The van der Waals surface area contributed by atoms with E-state index in [0.29, 0.717) is 5.56 Å². The van der Waals surface area contributed by atoms with Gasteiger partial charge in [-0.3, -0.25) is 9.88 Å². The lowest BCUT2D eigenvalue weighted by Crippen LogP contribution is -2.33. The molecule has 0 aromatic carbocycles. The van der Waals surface area contributed by atoms with Crippen molar-refractivity contribution in [2.75, 3.05) is 20.2 Å². The first-order valence-electron chi connectivity index (χ1n) is 7.48. The zero-order valence-electron chi connectivity index (χ0n) is 12.5. The minimum Gasteiger partial charge on any atom is -0.465 e. The summed E-state index contributed by atoms with van der Waals surface area (Å²) in [6, 6.07) is 3.71. The van der Waals surface area contributed by atoms with Gasteiger partial charge in [-0.1, -0.05) is 19.8 Å². The molecule has 0 bridgehead atoms. The van der Waals surface area contributed by atoms with Crippen LogP contribution in [-0.4, -0.2) is 36.1 Å². The molecule has 0 aliphatic carbocycles. The summed E-state index contributed by atoms with van der Waals surface area (Å²) in [4.78, 5) is 18.1. The van der Waals surface area contributed by atoms with Crippen LogP contribution < -0.4 is 0 Å². The topological polar surface area (TPSA) is 42.4 Å². The number of pyridine rings is 1. The normalized spacial score (nSPS) is 17.1. The third kappa shape index (κ3) is 4.04. The van der Waals surface area contributed by atoms with Gasteiger partial charge in [0.2, 0.25) is 0 Å². The molecule has 0 spiro atoms. The molecule has 4 nitrogen and oxygen atoms in total. The number of esters is 1. The zero-order chi connectivity index (χ0) is 14.4. The second-order valence-electron chi connectivity index (χ2n) is 5.54. The van der Waals surface area contributed by atoms with Crippen molar-refractivity contribution in [2.24, 2.45) is 5.92 Å². The lowest BCUT2D eigenvalue weighted by molar-refractivity contribution is 0.0600. The van der Waals surface area contributed by atoms with Crippen LogP contribution in [0.3, 0.4) is 0 Å². The van der Waals surface area contributed by atoms with Gasteiger partial charge in [0, 0.05) is 12.7 Å². The van der Waals surface area contributed by atoms with Gasteiger partial charge in [-0.15, -0.1) is 0 Å². The van der Waals surface area contributed by atoms with Crippen LogP contribution in [0.25, 0.3) is 0 Å². The average Bonchev–Trinajstić information content (AvgIpc) is 2.49. The van der Waals surface area contributed by atoms with Crippen LogP contribution in [0.5, 0.6) is 0 Å². The van der Waals surface area contributed by atoms with Crippen LogP contribution in [0.1, 0.15) is 48.7 Å². The van der Waals surface area contributed by atoms with Gasteiger partial charge < -0.3 is 4.74 Å². The number of carbonyl (C=O) groups excluding carboxylic acids is 1. The maximum Gasteiger partial charge on any atom is 0.339 e. The van der Waals surface area contributed by atoms with Crippen molar-refractivity contribution in [3.8, 4) is 0 Å². The Morgan fingerprint density at radius 1 is 1.40 bits per heavy atom. The highest BCUT2D eigenvalue weighted by Crippen LogP contribution is 2.22. The van der Waals surface area contributed by atoms with Gasteiger partial charge >= 0.3 is 5.97 Å². The standard InChI is InChI=1S/C16H24N2O2/c1-3-4-13-7-9-18(10-8-13)12-15-6-5-14(11-17-15)16(19)20-2/h5-6,11,13H,3-4,7-10,12H2,1-2H3. The quantitative estimate of drug-likeness (QED) is 0.776. The van der Waals surface area contributed by atoms with E-state index in [2.05, 4.69) is 21.5 Å². The molecule has 4 heteroatoms. The summed E-state index contributed by atoms with van der Waals surface area (Å²) in [6.07, 6.45) is 6.86. The molecule has 1 aromatic rings. The first kappa shape index (κ1) is 15.0. The molecule has 0 saturated carbocycles. The van der Waals surface area contributed by atoms with Gasteiger partial charge in [-0.2, -0.15) is 0 Å². The van der Waals surface area contributed by atoms with E-state index in [4.69, 9.17) is 0 Å². The summed E-state index contributed by atoms with van der Waals surface area (Å²) in [7, 11) is 1.39. The van der Waals surface area contributed by atoms with Gasteiger partial charge in [0.25, 0.3) is 0 Å². The Bertz CT molecular complexity index is 423.